The molecule has 2 fully saturated rings. The van der Waals surface area contributed by atoms with Gasteiger partial charge in [-0.3, -0.25) is 9.59 Å². The van der Waals surface area contributed by atoms with E-state index in [9.17, 15) is 9.59 Å². The lowest BCUT2D eigenvalue weighted by Crippen LogP contribution is -2.45. The van der Waals surface area contributed by atoms with E-state index < -0.39 is 0 Å². The summed E-state index contributed by atoms with van der Waals surface area (Å²) in [6.07, 6.45) is 5.43. The predicted octanol–water partition coefficient (Wildman–Crippen LogP) is 2.23. The Morgan fingerprint density at radius 3 is 2.47 bits per heavy atom. The molecule has 1 aromatic carbocycles. The van der Waals surface area contributed by atoms with Crippen LogP contribution >= 0.6 is 0 Å². The molecule has 1 aliphatic carbocycles. The van der Waals surface area contributed by atoms with Crippen molar-refractivity contribution in [3.05, 3.63) is 35.4 Å². The molecule has 2 amide bonds. The Kier molecular flexibility index (Phi) is 7.71. The Morgan fingerprint density at radius 2 is 1.83 bits per heavy atom. The zero-order chi connectivity index (χ0) is 21.5. The highest BCUT2D eigenvalue weighted by molar-refractivity contribution is 5.93. The minimum Gasteiger partial charge on any atom is -0.357 e. The maximum absolute atomic E-state index is 12.7. The normalized spacial score (nSPS) is 19.8. The number of guanidine groups is 1. The Labute approximate surface area is 179 Å². The van der Waals surface area contributed by atoms with Crippen LogP contribution in [0.15, 0.2) is 29.3 Å². The van der Waals surface area contributed by atoms with Gasteiger partial charge in [0.05, 0.1) is 6.54 Å². The van der Waals surface area contributed by atoms with Gasteiger partial charge in [0.15, 0.2) is 5.96 Å². The molecule has 0 bridgehead atoms. The molecular weight excluding hydrogens is 378 g/mol. The average Bonchev–Trinajstić information content (AvgIpc) is 3.44. The van der Waals surface area contributed by atoms with Gasteiger partial charge in [-0.25, -0.2) is 4.99 Å². The number of nitrogens with zero attached hydrogens (tertiary/aromatic N) is 3. The zero-order valence-electron chi connectivity index (χ0n) is 18.5. The van der Waals surface area contributed by atoms with Gasteiger partial charge in [0, 0.05) is 51.3 Å². The van der Waals surface area contributed by atoms with Crippen LogP contribution in [0.1, 0.15) is 54.9 Å². The summed E-state index contributed by atoms with van der Waals surface area (Å²) in [5, 5.41) is 6.79. The minimum atomic E-state index is -0.00186. The molecule has 1 saturated carbocycles. The molecule has 1 unspecified atom stereocenters. The molecule has 7 heteroatoms. The average molecular weight is 414 g/mol. The van der Waals surface area contributed by atoms with Crippen LogP contribution in [0.2, 0.25) is 0 Å². The van der Waals surface area contributed by atoms with Crippen molar-refractivity contribution in [1.82, 2.24) is 20.4 Å². The third kappa shape index (κ3) is 5.74. The van der Waals surface area contributed by atoms with Crippen molar-refractivity contribution in [2.75, 3.05) is 33.7 Å². The van der Waals surface area contributed by atoms with Gasteiger partial charge in [-0.05, 0) is 43.9 Å². The van der Waals surface area contributed by atoms with Crippen molar-refractivity contribution in [2.24, 2.45) is 10.9 Å². The highest BCUT2D eigenvalue weighted by Gasteiger charge is 2.32. The van der Waals surface area contributed by atoms with E-state index in [-0.39, 0.29) is 17.9 Å². The number of carbonyl (C=O) groups excluding carboxylic acids is 2. The Balaban J connectivity index is 1.54. The summed E-state index contributed by atoms with van der Waals surface area (Å²) < 4.78 is 0. The van der Waals surface area contributed by atoms with Crippen LogP contribution in [0, 0.1) is 5.92 Å². The summed E-state index contributed by atoms with van der Waals surface area (Å²) in [6, 6.07) is 7.81. The first kappa shape index (κ1) is 22.1. The lowest BCUT2D eigenvalue weighted by atomic mass is 10.1. The third-order valence-electron chi connectivity index (χ3n) is 5.92. The molecule has 1 heterocycles. The van der Waals surface area contributed by atoms with Crippen molar-refractivity contribution in [3.63, 3.8) is 0 Å². The van der Waals surface area contributed by atoms with Crippen molar-refractivity contribution in [2.45, 2.75) is 51.6 Å². The molecule has 3 rings (SSSR count). The van der Waals surface area contributed by atoms with Crippen LogP contribution in [-0.4, -0.2) is 67.3 Å². The number of amides is 2. The van der Waals surface area contributed by atoms with Crippen molar-refractivity contribution < 1.29 is 9.59 Å². The van der Waals surface area contributed by atoms with E-state index in [4.69, 9.17) is 4.99 Å². The lowest BCUT2D eigenvalue weighted by molar-refractivity contribution is -0.134. The number of likely N-dealkylation sites (tertiary alicyclic amines) is 1. The van der Waals surface area contributed by atoms with Gasteiger partial charge in [-0.2, -0.15) is 0 Å². The Bertz CT molecular complexity index is 753. The number of aliphatic imine (C=N–C) groups is 1. The summed E-state index contributed by atoms with van der Waals surface area (Å²) in [6.45, 7) is 4.93. The van der Waals surface area contributed by atoms with Crippen molar-refractivity contribution in [1.29, 1.82) is 0 Å². The van der Waals surface area contributed by atoms with Crippen LogP contribution in [-0.2, 0) is 11.3 Å². The maximum Gasteiger partial charge on any atom is 0.253 e. The summed E-state index contributed by atoms with van der Waals surface area (Å²) in [4.78, 5) is 33.0. The van der Waals surface area contributed by atoms with Crippen LogP contribution in [0.5, 0.6) is 0 Å². The van der Waals surface area contributed by atoms with Gasteiger partial charge in [0.25, 0.3) is 5.91 Å². The molecule has 1 aromatic rings. The summed E-state index contributed by atoms with van der Waals surface area (Å²) in [5.41, 5.74) is 1.72. The largest absolute Gasteiger partial charge is 0.357 e. The first-order valence-electron chi connectivity index (χ1n) is 11.1. The minimum absolute atomic E-state index is 0.00186. The van der Waals surface area contributed by atoms with Gasteiger partial charge >= 0.3 is 0 Å². The topological polar surface area (TPSA) is 77.0 Å². The van der Waals surface area contributed by atoms with Crippen LogP contribution in [0.4, 0.5) is 0 Å². The number of hydrogen-bond acceptors (Lipinski definition) is 3. The number of nitrogens with one attached hydrogen (secondary N) is 2. The molecule has 1 aliphatic heterocycles. The zero-order valence-corrected chi connectivity index (χ0v) is 18.5. The van der Waals surface area contributed by atoms with Gasteiger partial charge in [-0.1, -0.05) is 25.0 Å². The van der Waals surface area contributed by atoms with Gasteiger partial charge in [-0.15, -0.1) is 0 Å². The summed E-state index contributed by atoms with van der Waals surface area (Å²) >= 11 is 0. The molecule has 0 aromatic heterocycles. The van der Waals surface area contributed by atoms with Crippen LogP contribution < -0.4 is 10.6 Å². The molecule has 30 heavy (non-hydrogen) atoms. The first-order chi connectivity index (χ1) is 14.5. The predicted molar refractivity (Wildman–Crippen MR) is 119 cm³/mol. The molecule has 0 spiro atoms. The smallest absolute Gasteiger partial charge is 0.253 e. The SMILES string of the molecule is CCNC(=NCc1ccc(C(=O)N(C)C)cc1)NC1CCN(C(=O)C2CCCC2)C1. The highest BCUT2D eigenvalue weighted by Crippen LogP contribution is 2.27. The Morgan fingerprint density at radius 1 is 1.13 bits per heavy atom. The van der Waals surface area contributed by atoms with E-state index in [2.05, 4.69) is 10.6 Å². The highest BCUT2D eigenvalue weighted by atomic mass is 16.2. The van der Waals surface area contributed by atoms with E-state index in [1.165, 1.54) is 12.8 Å². The van der Waals surface area contributed by atoms with Gasteiger partial charge in [0.2, 0.25) is 5.91 Å². The quantitative estimate of drug-likeness (QED) is 0.554. The van der Waals surface area contributed by atoms with E-state index in [1.54, 1.807) is 19.0 Å². The first-order valence-corrected chi connectivity index (χ1v) is 11.1. The molecule has 164 valence electrons. The van der Waals surface area contributed by atoms with Gasteiger partial charge < -0.3 is 20.4 Å². The maximum atomic E-state index is 12.7. The van der Waals surface area contributed by atoms with E-state index in [0.29, 0.717) is 18.0 Å². The monoisotopic (exact) mass is 413 g/mol. The summed E-state index contributed by atoms with van der Waals surface area (Å²) in [7, 11) is 3.50. The standard InChI is InChI=1S/C23H35N5O2/c1-4-24-23(25-15-17-9-11-19(12-10-17)21(29)27(2)3)26-20-13-14-28(16-20)22(30)18-7-5-6-8-18/h9-12,18,20H,4-8,13-16H2,1-3H3,(H2,24,25,26). The van der Waals surface area contributed by atoms with Crippen molar-refractivity contribution in [3.8, 4) is 0 Å². The fourth-order valence-corrected chi connectivity index (χ4v) is 4.20. The fraction of sp³-hybridized carbons (Fsp3) is 0.609. The molecule has 2 aliphatic rings. The van der Waals surface area contributed by atoms with Crippen LogP contribution in [0.3, 0.4) is 0 Å². The number of carbonyl (C=O) groups is 2. The molecule has 1 saturated heterocycles. The molecule has 0 radical (unpaired) electrons. The second kappa shape index (κ2) is 10.5. The number of benzene rings is 1. The number of rotatable bonds is 6. The molecular formula is C23H35N5O2. The fourth-order valence-electron chi connectivity index (χ4n) is 4.20. The Hall–Kier alpha value is -2.57. The second-order valence-corrected chi connectivity index (χ2v) is 8.49. The van der Waals surface area contributed by atoms with E-state index in [0.717, 1.165) is 50.4 Å². The number of hydrogen-bond donors (Lipinski definition) is 2. The summed E-state index contributed by atoms with van der Waals surface area (Å²) in [5.74, 6) is 1.35. The lowest BCUT2D eigenvalue weighted by Gasteiger charge is -2.21. The van der Waals surface area contributed by atoms with Crippen molar-refractivity contribution >= 4 is 17.8 Å². The third-order valence-corrected chi connectivity index (χ3v) is 5.92. The molecule has 1 atom stereocenters. The second-order valence-electron chi connectivity index (χ2n) is 8.49. The van der Waals surface area contributed by atoms with E-state index in [1.807, 2.05) is 36.1 Å². The van der Waals surface area contributed by atoms with E-state index >= 15 is 0 Å². The van der Waals surface area contributed by atoms with Crippen LogP contribution in [0.25, 0.3) is 0 Å². The molecule has 7 nitrogen and oxygen atoms in total. The van der Waals surface area contributed by atoms with Gasteiger partial charge in [0.1, 0.15) is 0 Å². The molecule has 2 N–H and O–H groups in total.